The molecule has 2 amide bonds. The molecule has 3 rings (SSSR count). The van der Waals surface area contributed by atoms with E-state index in [2.05, 4.69) is 21.2 Å². The van der Waals surface area contributed by atoms with Gasteiger partial charge in [-0.3, -0.25) is 13.9 Å². The van der Waals surface area contributed by atoms with Crippen molar-refractivity contribution in [3.63, 3.8) is 0 Å². The Labute approximate surface area is 263 Å². The second-order valence-corrected chi connectivity index (χ2v) is 14.3. The molecule has 0 heterocycles. The summed E-state index contributed by atoms with van der Waals surface area (Å²) in [6.45, 7) is 4.37. The van der Waals surface area contributed by atoms with Crippen LogP contribution in [0, 0.1) is 0 Å². The first kappa shape index (κ1) is 34.4. The zero-order valence-corrected chi connectivity index (χ0v) is 27.1. The van der Waals surface area contributed by atoms with E-state index >= 15 is 0 Å². The van der Waals surface area contributed by atoms with Crippen molar-refractivity contribution in [3.05, 3.63) is 99.0 Å². The quantitative estimate of drug-likeness (QED) is 0.264. The van der Waals surface area contributed by atoms with Crippen LogP contribution >= 0.6 is 27.5 Å². The normalized spacial score (nSPS) is 12.9. The summed E-state index contributed by atoms with van der Waals surface area (Å²) in [6.07, 6.45) is -3.93. The van der Waals surface area contributed by atoms with E-state index < -0.39 is 57.4 Å². The lowest BCUT2D eigenvalue weighted by Crippen LogP contribution is -2.56. The molecule has 0 aliphatic heterocycles. The number of anilines is 1. The maximum absolute atomic E-state index is 14.1. The second-order valence-electron chi connectivity index (χ2n) is 11.0. The highest BCUT2D eigenvalue weighted by Crippen LogP contribution is 2.36. The summed E-state index contributed by atoms with van der Waals surface area (Å²) >= 11 is 9.55. The van der Waals surface area contributed by atoms with Crippen LogP contribution < -0.4 is 9.62 Å². The van der Waals surface area contributed by atoms with E-state index in [0.717, 1.165) is 28.4 Å². The molecule has 3 aromatic carbocycles. The molecule has 0 aliphatic carbocycles. The van der Waals surface area contributed by atoms with Gasteiger partial charge in [-0.1, -0.05) is 70.0 Å². The van der Waals surface area contributed by atoms with Gasteiger partial charge < -0.3 is 10.2 Å². The van der Waals surface area contributed by atoms with E-state index in [-0.39, 0.29) is 18.0 Å². The molecule has 1 atom stereocenters. The summed E-state index contributed by atoms with van der Waals surface area (Å²) < 4.78 is 67.7. The fourth-order valence-electron chi connectivity index (χ4n) is 4.27. The van der Waals surface area contributed by atoms with Gasteiger partial charge in [0.25, 0.3) is 0 Å². The van der Waals surface area contributed by atoms with Crippen LogP contribution in [-0.2, 0) is 38.8 Å². The number of hydrogen-bond acceptors (Lipinski definition) is 4. The second kappa shape index (κ2) is 13.7. The van der Waals surface area contributed by atoms with Gasteiger partial charge in [0.1, 0.15) is 12.6 Å². The van der Waals surface area contributed by atoms with Gasteiger partial charge in [-0.2, -0.15) is 13.2 Å². The molecule has 0 aromatic heterocycles. The minimum Gasteiger partial charge on any atom is -0.350 e. The van der Waals surface area contributed by atoms with Gasteiger partial charge in [0, 0.05) is 23.0 Å². The van der Waals surface area contributed by atoms with Crippen molar-refractivity contribution in [2.24, 2.45) is 0 Å². The zero-order valence-electron chi connectivity index (χ0n) is 24.0. The first-order chi connectivity index (χ1) is 19.8. The monoisotopic (exact) mass is 701 g/mol. The van der Waals surface area contributed by atoms with E-state index in [0.29, 0.717) is 15.9 Å². The van der Waals surface area contributed by atoms with Crippen molar-refractivity contribution in [2.75, 3.05) is 17.1 Å². The van der Waals surface area contributed by atoms with Gasteiger partial charge in [-0.15, -0.1) is 0 Å². The predicted octanol–water partition coefficient (Wildman–Crippen LogP) is 6.44. The molecule has 0 unspecified atom stereocenters. The highest BCUT2D eigenvalue weighted by molar-refractivity contribution is 9.10. The van der Waals surface area contributed by atoms with Gasteiger partial charge in [-0.05, 0) is 62.2 Å². The average molecular weight is 703 g/mol. The Morgan fingerprint density at radius 1 is 0.953 bits per heavy atom. The summed E-state index contributed by atoms with van der Waals surface area (Å²) in [4.78, 5) is 29.1. The fraction of sp³-hybridized carbons (Fsp3) is 0.333. The lowest BCUT2D eigenvalue weighted by Gasteiger charge is -2.35. The number of carbonyl (C=O) groups excluding carboxylic acids is 2. The van der Waals surface area contributed by atoms with Gasteiger partial charge >= 0.3 is 6.18 Å². The summed E-state index contributed by atoms with van der Waals surface area (Å²) in [5.41, 5.74) is -0.920. The third-order valence-electron chi connectivity index (χ3n) is 6.26. The van der Waals surface area contributed by atoms with Crippen LogP contribution in [0.3, 0.4) is 0 Å². The summed E-state index contributed by atoms with van der Waals surface area (Å²) in [7, 11) is -4.32. The Morgan fingerprint density at radius 3 is 2.09 bits per heavy atom. The maximum atomic E-state index is 14.1. The largest absolute Gasteiger partial charge is 0.416 e. The molecule has 1 N–H and O–H groups in total. The van der Waals surface area contributed by atoms with E-state index in [9.17, 15) is 31.2 Å². The van der Waals surface area contributed by atoms with Crippen LogP contribution in [0.2, 0.25) is 5.02 Å². The smallest absolute Gasteiger partial charge is 0.350 e. The lowest BCUT2D eigenvalue weighted by molar-refractivity contribution is -0.140. The highest BCUT2D eigenvalue weighted by Gasteiger charge is 2.36. The van der Waals surface area contributed by atoms with Crippen molar-refractivity contribution in [2.45, 2.75) is 51.5 Å². The summed E-state index contributed by atoms with van der Waals surface area (Å²) in [6, 6.07) is 17.1. The molecule has 0 bridgehead atoms. The molecule has 232 valence electrons. The van der Waals surface area contributed by atoms with Crippen molar-refractivity contribution in [1.82, 2.24) is 10.2 Å². The van der Waals surface area contributed by atoms with Crippen LogP contribution in [0.15, 0.2) is 77.3 Å². The molecule has 0 aliphatic rings. The number of benzene rings is 3. The van der Waals surface area contributed by atoms with E-state index in [1.807, 2.05) is 0 Å². The summed E-state index contributed by atoms with van der Waals surface area (Å²) in [5.74, 6) is -1.29. The Balaban J connectivity index is 2.13. The van der Waals surface area contributed by atoms with Crippen LogP contribution in [-0.4, -0.2) is 49.5 Å². The molecular weight excluding hydrogens is 671 g/mol. The maximum Gasteiger partial charge on any atom is 0.416 e. The van der Waals surface area contributed by atoms with Gasteiger partial charge in [0.05, 0.1) is 22.5 Å². The lowest BCUT2D eigenvalue weighted by atomic mass is 10.0. The third kappa shape index (κ3) is 9.97. The number of alkyl halides is 3. The summed E-state index contributed by atoms with van der Waals surface area (Å²) in [5, 5.41) is 2.61. The Morgan fingerprint density at radius 2 is 1.56 bits per heavy atom. The van der Waals surface area contributed by atoms with E-state index in [4.69, 9.17) is 11.6 Å². The molecule has 3 aromatic rings. The molecule has 0 spiro atoms. The molecule has 7 nitrogen and oxygen atoms in total. The van der Waals surface area contributed by atoms with Crippen LogP contribution in [0.4, 0.5) is 18.9 Å². The topological polar surface area (TPSA) is 86.8 Å². The number of hydrogen-bond donors (Lipinski definition) is 1. The predicted molar refractivity (Wildman–Crippen MR) is 165 cm³/mol. The number of nitrogens with zero attached hydrogens (tertiary/aromatic N) is 2. The highest BCUT2D eigenvalue weighted by atomic mass is 79.9. The Bertz CT molecular complexity index is 1550. The minimum absolute atomic E-state index is 0.0882. The zero-order chi connectivity index (χ0) is 32.2. The number of carbonyl (C=O) groups is 2. The van der Waals surface area contributed by atoms with Crippen LogP contribution in [0.5, 0.6) is 0 Å². The Hall–Kier alpha value is -3.09. The number of rotatable bonds is 10. The Kier molecular flexibility index (Phi) is 11.0. The van der Waals surface area contributed by atoms with Crippen LogP contribution in [0.25, 0.3) is 0 Å². The minimum atomic E-state index is -4.79. The van der Waals surface area contributed by atoms with Crippen LogP contribution in [0.1, 0.15) is 37.5 Å². The number of halogens is 5. The SMILES string of the molecule is CC(C)(C)NC(=O)[C@@H](Cc1ccccc1)N(Cc1ccc(Br)cc1)C(=O)CN(c1cc(C(F)(F)F)ccc1Cl)S(C)(=O)=O. The fourth-order valence-corrected chi connectivity index (χ4v) is 5.66. The van der Waals surface area contributed by atoms with Crippen molar-refractivity contribution >= 4 is 55.1 Å². The first-order valence-electron chi connectivity index (χ1n) is 13.1. The third-order valence-corrected chi connectivity index (χ3v) is 8.23. The molecule has 0 saturated heterocycles. The standard InChI is InChI=1S/C30H32BrClF3N3O4S/c1-29(2,3)36-28(40)26(16-20-8-6-5-7-9-20)37(18-21-10-13-23(31)14-11-21)27(39)19-38(43(4,41)42)25-17-22(30(33,34)35)12-15-24(25)32/h5-15,17,26H,16,18-19H2,1-4H3,(H,36,40)/t26-/m1/s1. The molecule has 43 heavy (non-hydrogen) atoms. The number of sulfonamides is 1. The van der Waals surface area contributed by atoms with Crippen molar-refractivity contribution in [3.8, 4) is 0 Å². The van der Waals surface area contributed by atoms with Gasteiger partial charge in [0.15, 0.2) is 0 Å². The van der Waals surface area contributed by atoms with Crippen molar-refractivity contribution in [1.29, 1.82) is 0 Å². The van der Waals surface area contributed by atoms with E-state index in [1.54, 1.807) is 75.4 Å². The van der Waals surface area contributed by atoms with E-state index in [1.165, 1.54) is 4.90 Å². The van der Waals surface area contributed by atoms with Crippen molar-refractivity contribution < 1.29 is 31.2 Å². The first-order valence-corrected chi connectivity index (χ1v) is 16.1. The molecule has 13 heteroatoms. The molecule has 0 saturated carbocycles. The molecule has 0 fully saturated rings. The average Bonchev–Trinajstić information content (AvgIpc) is 2.89. The molecular formula is C30H32BrClF3N3O4S. The van der Waals surface area contributed by atoms with Gasteiger partial charge in [0.2, 0.25) is 21.8 Å². The number of nitrogens with one attached hydrogen (secondary N) is 1. The van der Waals surface area contributed by atoms with Gasteiger partial charge in [-0.25, -0.2) is 8.42 Å². The number of amides is 2. The molecule has 0 radical (unpaired) electrons.